The van der Waals surface area contributed by atoms with E-state index in [1.807, 2.05) is 0 Å². The molecule has 2 aromatic carbocycles. The van der Waals surface area contributed by atoms with Crippen LogP contribution in [0.25, 0.3) is 11.2 Å². The molecule has 16 heteroatoms. The normalized spacial score (nSPS) is 12.7. The van der Waals surface area contributed by atoms with Crippen molar-refractivity contribution in [3.8, 4) is 11.5 Å². The average Bonchev–Trinajstić information content (AvgIpc) is 3.34. The smallest absolute Gasteiger partial charge is 0.494 e. The number of ether oxygens (including phenoxy) is 4. The van der Waals surface area contributed by atoms with E-state index in [4.69, 9.17) is 33.7 Å². The van der Waals surface area contributed by atoms with E-state index in [0.29, 0.717) is 5.56 Å². The lowest BCUT2D eigenvalue weighted by atomic mass is 10.2. The first kappa shape index (κ1) is 28.7. The van der Waals surface area contributed by atoms with Crippen LogP contribution in [0.3, 0.4) is 0 Å². The van der Waals surface area contributed by atoms with Crippen molar-refractivity contribution in [1.29, 1.82) is 0 Å². The minimum atomic E-state index is -4.05. The van der Waals surface area contributed by atoms with Gasteiger partial charge in [-0.1, -0.05) is 24.3 Å². The number of imidazole rings is 1. The number of nitrogens with two attached hydrogens (primary N) is 1. The van der Waals surface area contributed by atoms with Crippen LogP contribution in [0.15, 0.2) is 59.7 Å². The van der Waals surface area contributed by atoms with Crippen LogP contribution in [0.2, 0.25) is 0 Å². The number of halogens is 1. The third-order valence-electron chi connectivity index (χ3n) is 5.23. The molecule has 0 fully saturated rings. The largest absolute Gasteiger partial charge is 0.515 e. The first-order valence-corrected chi connectivity index (χ1v) is 13.4. The number of benzene rings is 2. The third-order valence-corrected chi connectivity index (χ3v) is 6.75. The SMILES string of the molecule is COc1ccc(COP(=O)(COCCn2cnc3c(=O)[nH]c(N)nc32)OCOC(=O)Oc2ccccc2)cc1F. The number of nitrogens with one attached hydrogen (secondary N) is 1. The molecule has 0 aliphatic rings. The van der Waals surface area contributed by atoms with Gasteiger partial charge in [-0.15, -0.1) is 0 Å². The van der Waals surface area contributed by atoms with Gasteiger partial charge >= 0.3 is 13.8 Å². The van der Waals surface area contributed by atoms with Gasteiger partial charge in [-0.25, -0.2) is 14.2 Å². The molecule has 0 aliphatic carbocycles. The van der Waals surface area contributed by atoms with Gasteiger partial charge in [0.25, 0.3) is 5.56 Å². The molecule has 0 aliphatic heterocycles. The van der Waals surface area contributed by atoms with Gasteiger partial charge < -0.3 is 33.8 Å². The number of rotatable bonds is 13. The van der Waals surface area contributed by atoms with Crippen molar-refractivity contribution in [2.45, 2.75) is 13.2 Å². The standard InChI is InChI=1S/C24H25FN5O9P/c1-34-19-8-7-16(11-18(19)25)12-37-40(33,38-14-36-24(32)39-17-5-3-2-4-6-17)15-35-10-9-30-13-27-20-21(30)28-23(26)29-22(20)31/h2-8,11,13H,9-10,12,14-15H2,1H3,(H3,26,28,29,31). The summed E-state index contributed by atoms with van der Waals surface area (Å²) in [4.78, 5) is 34.3. The van der Waals surface area contributed by atoms with E-state index >= 15 is 0 Å². The average molecular weight is 577 g/mol. The zero-order valence-electron chi connectivity index (χ0n) is 21.2. The number of aromatic nitrogens is 4. The Morgan fingerprint density at radius 1 is 1.18 bits per heavy atom. The number of para-hydroxylation sites is 1. The quantitative estimate of drug-likeness (QED) is 0.0779. The van der Waals surface area contributed by atoms with E-state index in [0.717, 1.165) is 6.07 Å². The number of nitrogen functional groups attached to an aromatic ring is 1. The molecule has 0 amide bonds. The molecule has 3 N–H and O–H groups in total. The fourth-order valence-electron chi connectivity index (χ4n) is 3.33. The van der Waals surface area contributed by atoms with Crippen molar-refractivity contribution in [2.75, 3.05) is 32.6 Å². The predicted octanol–water partition coefficient (Wildman–Crippen LogP) is 3.42. The highest BCUT2D eigenvalue weighted by molar-refractivity contribution is 7.53. The molecule has 14 nitrogen and oxygen atoms in total. The summed E-state index contributed by atoms with van der Waals surface area (Å²) in [5.41, 5.74) is 5.78. The Hall–Kier alpha value is -4.30. The number of hydrogen-bond acceptors (Lipinski definition) is 12. The monoisotopic (exact) mass is 577 g/mol. The Balaban J connectivity index is 1.36. The predicted molar refractivity (Wildman–Crippen MR) is 138 cm³/mol. The van der Waals surface area contributed by atoms with Crippen LogP contribution >= 0.6 is 7.60 Å². The first-order chi connectivity index (χ1) is 19.3. The molecule has 2 aromatic heterocycles. The van der Waals surface area contributed by atoms with Crippen molar-refractivity contribution < 1.29 is 41.7 Å². The number of fused-ring (bicyclic) bond motifs is 1. The number of carbonyl (C=O) groups excluding carboxylic acids is 1. The molecule has 40 heavy (non-hydrogen) atoms. The van der Waals surface area contributed by atoms with Crippen LogP contribution in [-0.2, 0) is 36.2 Å². The maximum atomic E-state index is 14.1. The first-order valence-electron chi connectivity index (χ1n) is 11.6. The van der Waals surface area contributed by atoms with Gasteiger partial charge in [-0.2, -0.15) is 4.98 Å². The molecule has 1 unspecified atom stereocenters. The summed E-state index contributed by atoms with van der Waals surface area (Å²) in [6.07, 6.45) is -0.261. The fraction of sp³-hybridized carbons (Fsp3) is 0.250. The maximum absolute atomic E-state index is 14.1. The Labute approximate surface area is 226 Å². The number of methoxy groups -OCH3 is 1. The van der Waals surface area contributed by atoms with E-state index in [1.54, 1.807) is 30.3 Å². The number of hydrogen-bond donors (Lipinski definition) is 2. The van der Waals surface area contributed by atoms with Crippen molar-refractivity contribution in [2.24, 2.45) is 0 Å². The molecule has 0 saturated heterocycles. The van der Waals surface area contributed by atoms with E-state index in [9.17, 15) is 18.5 Å². The zero-order valence-corrected chi connectivity index (χ0v) is 22.0. The van der Waals surface area contributed by atoms with Crippen molar-refractivity contribution >= 4 is 30.9 Å². The minimum Gasteiger partial charge on any atom is -0.494 e. The Bertz CT molecular complexity index is 1560. The number of nitrogens with zero attached hydrogens (tertiary/aromatic N) is 3. The second kappa shape index (κ2) is 13.2. The van der Waals surface area contributed by atoms with Gasteiger partial charge in [0.2, 0.25) is 12.7 Å². The van der Waals surface area contributed by atoms with Crippen LogP contribution in [0.1, 0.15) is 5.56 Å². The number of carbonyl (C=O) groups is 1. The summed E-state index contributed by atoms with van der Waals surface area (Å²) in [7, 11) is -2.73. The van der Waals surface area contributed by atoms with Gasteiger partial charge in [-0.3, -0.25) is 18.9 Å². The van der Waals surface area contributed by atoms with Crippen LogP contribution in [0, 0.1) is 5.82 Å². The summed E-state index contributed by atoms with van der Waals surface area (Å²) in [6.45, 7) is -0.948. The molecular formula is C24H25FN5O9P. The Kier molecular flexibility index (Phi) is 9.45. The molecule has 1 atom stereocenters. The van der Waals surface area contributed by atoms with Crippen LogP contribution < -0.4 is 20.8 Å². The maximum Gasteiger partial charge on any atom is 0.515 e. The molecule has 0 spiro atoms. The van der Waals surface area contributed by atoms with Crippen molar-refractivity contribution in [1.82, 2.24) is 19.5 Å². The summed E-state index contributed by atoms with van der Waals surface area (Å²) < 4.78 is 59.9. The van der Waals surface area contributed by atoms with Crippen LogP contribution in [0.5, 0.6) is 11.5 Å². The topological polar surface area (TPSA) is 179 Å². The van der Waals surface area contributed by atoms with E-state index in [2.05, 4.69) is 15.0 Å². The lowest BCUT2D eigenvalue weighted by molar-refractivity contribution is 0.0154. The summed E-state index contributed by atoms with van der Waals surface area (Å²) >= 11 is 0. The number of H-pyrrole nitrogens is 1. The molecule has 212 valence electrons. The second-order valence-corrected chi connectivity index (χ2v) is 10.0. The highest BCUT2D eigenvalue weighted by atomic mass is 31.2. The van der Waals surface area contributed by atoms with Crippen molar-refractivity contribution in [3.63, 3.8) is 0 Å². The van der Waals surface area contributed by atoms with Gasteiger partial charge in [-0.05, 0) is 29.8 Å². The lowest BCUT2D eigenvalue weighted by Crippen LogP contribution is -2.15. The Morgan fingerprint density at radius 3 is 2.73 bits per heavy atom. The summed E-state index contributed by atoms with van der Waals surface area (Å²) in [5, 5.41) is 0. The van der Waals surface area contributed by atoms with Gasteiger partial charge in [0.05, 0.1) is 26.7 Å². The zero-order chi connectivity index (χ0) is 28.5. The van der Waals surface area contributed by atoms with E-state index in [1.165, 1.54) is 30.1 Å². The molecule has 0 bridgehead atoms. The molecule has 0 radical (unpaired) electrons. The molecule has 4 rings (SSSR count). The van der Waals surface area contributed by atoms with Crippen LogP contribution in [-0.4, -0.2) is 52.5 Å². The number of aromatic amines is 1. The number of anilines is 1. The van der Waals surface area contributed by atoms with Crippen LogP contribution in [0.4, 0.5) is 15.1 Å². The molecule has 4 aromatic rings. The second-order valence-electron chi connectivity index (χ2n) is 8.01. The van der Waals surface area contributed by atoms with Gasteiger partial charge in [0.15, 0.2) is 22.7 Å². The summed E-state index contributed by atoms with van der Waals surface area (Å²) in [6, 6.07) is 12.2. The van der Waals surface area contributed by atoms with E-state index < -0.39 is 38.3 Å². The molecule has 2 heterocycles. The third kappa shape index (κ3) is 7.64. The molecular weight excluding hydrogens is 552 g/mol. The van der Waals surface area contributed by atoms with E-state index in [-0.39, 0.29) is 48.4 Å². The van der Waals surface area contributed by atoms with Gasteiger partial charge in [0.1, 0.15) is 12.1 Å². The summed E-state index contributed by atoms with van der Waals surface area (Å²) in [5.74, 6) is -0.445. The minimum absolute atomic E-state index is 0.0232. The fourth-order valence-corrected chi connectivity index (χ4v) is 4.46. The Morgan fingerprint density at radius 2 is 1.98 bits per heavy atom. The van der Waals surface area contributed by atoms with Gasteiger partial charge in [0, 0.05) is 6.54 Å². The highest BCUT2D eigenvalue weighted by Crippen LogP contribution is 2.49. The molecule has 0 saturated carbocycles. The van der Waals surface area contributed by atoms with Crippen molar-refractivity contribution in [3.05, 3.63) is 76.6 Å². The highest BCUT2D eigenvalue weighted by Gasteiger charge is 2.27. The lowest BCUT2D eigenvalue weighted by Gasteiger charge is -2.19.